The molecule has 1 nitrogen and oxygen atoms in total. The van der Waals surface area contributed by atoms with Crippen molar-refractivity contribution in [1.82, 2.24) is 4.98 Å². The zero-order chi connectivity index (χ0) is 17.6. The highest BCUT2D eigenvalue weighted by atomic mass is 35.5. The predicted molar refractivity (Wildman–Crippen MR) is 98.8 cm³/mol. The Hall–Kier alpha value is -2.65. The van der Waals surface area contributed by atoms with Crippen molar-refractivity contribution in [2.24, 2.45) is 0 Å². The van der Waals surface area contributed by atoms with E-state index < -0.39 is 11.6 Å². The van der Waals surface area contributed by atoms with Crippen LogP contribution in [0.4, 0.5) is 8.78 Å². The highest BCUT2D eigenvalue weighted by molar-refractivity contribution is 6.30. The molecule has 0 aliphatic carbocycles. The molecule has 4 aromatic rings. The van der Waals surface area contributed by atoms with E-state index in [9.17, 15) is 8.78 Å². The van der Waals surface area contributed by atoms with Crippen LogP contribution >= 0.6 is 11.6 Å². The monoisotopic (exact) mass is 353 g/mol. The van der Waals surface area contributed by atoms with E-state index in [1.165, 1.54) is 18.2 Å². The number of hydrogen-bond donors (Lipinski definition) is 1. The van der Waals surface area contributed by atoms with Crippen molar-refractivity contribution in [3.05, 3.63) is 82.9 Å². The molecule has 124 valence electrons. The molecule has 4 heteroatoms. The third-order valence-electron chi connectivity index (χ3n) is 4.35. The van der Waals surface area contributed by atoms with Crippen molar-refractivity contribution >= 4 is 22.5 Å². The van der Waals surface area contributed by atoms with Gasteiger partial charge < -0.3 is 4.98 Å². The van der Waals surface area contributed by atoms with Gasteiger partial charge in [-0.05, 0) is 66.1 Å². The number of benzene rings is 3. The molecular weight excluding hydrogens is 340 g/mol. The number of aromatic amines is 1. The summed E-state index contributed by atoms with van der Waals surface area (Å²) in [5, 5.41) is 1.59. The Morgan fingerprint density at radius 1 is 0.880 bits per heavy atom. The highest BCUT2D eigenvalue weighted by Gasteiger charge is 2.14. The van der Waals surface area contributed by atoms with Gasteiger partial charge in [0.15, 0.2) is 0 Å². The summed E-state index contributed by atoms with van der Waals surface area (Å²) in [7, 11) is 0. The molecule has 0 radical (unpaired) electrons. The molecule has 0 aliphatic rings. The number of fused-ring (bicyclic) bond motifs is 1. The fourth-order valence-electron chi connectivity index (χ4n) is 3.14. The molecule has 25 heavy (non-hydrogen) atoms. The first-order chi connectivity index (χ1) is 12.0. The number of aryl methyl sites for hydroxylation is 1. The van der Waals surface area contributed by atoms with Crippen LogP contribution in [0.3, 0.4) is 0 Å². The Morgan fingerprint density at radius 3 is 2.36 bits per heavy atom. The zero-order valence-corrected chi connectivity index (χ0v) is 14.2. The summed E-state index contributed by atoms with van der Waals surface area (Å²) in [6.07, 6.45) is 0. The molecule has 0 spiro atoms. The average Bonchev–Trinajstić information content (AvgIpc) is 2.97. The van der Waals surface area contributed by atoms with Crippen molar-refractivity contribution in [3.8, 4) is 22.4 Å². The fourth-order valence-corrected chi connectivity index (χ4v) is 3.37. The molecule has 1 aromatic heterocycles. The molecule has 0 fully saturated rings. The Kier molecular flexibility index (Phi) is 3.81. The van der Waals surface area contributed by atoms with Gasteiger partial charge in [0.1, 0.15) is 11.6 Å². The van der Waals surface area contributed by atoms with Crippen LogP contribution in [0.25, 0.3) is 33.3 Å². The summed E-state index contributed by atoms with van der Waals surface area (Å²) < 4.78 is 28.1. The molecule has 0 unspecified atom stereocenters. The molecule has 0 amide bonds. The van der Waals surface area contributed by atoms with Gasteiger partial charge in [0.05, 0.1) is 11.3 Å². The molecule has 0 bridgehead atoms. The van der Waals surface area contributed by atoms with E-state index in [0.717, 1.165) is 27.6 Å². The largest absolute Gasteiger partial charge is 0.354 e. The minimum Gasteiger partial charge on any atom is -0.354 e. The number of H-pyrrole nitrogens is 1. The minimum atomic E-state index is -0.583. The van der Waals surface area contributed by atoms with E-state index in [1.54, 1.807) is 6.07 Å². The van der Waals surface area contributed by atoms with Crippen LogP contribution in [-0.4, -0.2) is 4.98 Å². The Bertz CT molecular complexity index is 1080. The molecule has 0 saturated heterocycles. The molecule has 1 N–H and O–H groups in total. The first-order valence-corrected chi connectivity index (χ1v) is 8.24. The number of hydrogen-bond acceptors (Lipinski definition) is 0. The number of rotatable bonds is 2. The summed E-state index contributed by atoms with van der Waals surface area (Å²) >= 11 is 6.02. The van der Waals surface area contributed by atoms with Gasteiger partial charge in [0, 0.05) is 15.9 Å². The number of aromatic nitrogens is 1. The van der Waals surface area contributed by atoms with Crippen LogP contribution in [0.2, 0.25) is 5.02 Å². The van der Waals surface area contributed by atoms with Gasteiger partial charge in [0.25, 0.3) is 0 Å². The topological polar surface area (TPSA) is 15.8 Å². The van der Waals surface area contributed by atoms with Crippen molar-refractivity contribution in [1.29, 1.82) is 0 Å². The second kappa shape index (κ2) is 6.01. The predicted octanol–water partition coefficient (Wildman–Crippen LogP) is 6.74. The summed E-state index contributed by atoms with van der Waals surface area (Å²) in [5.74, 6) is -1.17. The second-order valence-electron chi connectivity index (χ2n) is 6.04. The third kappa shape index (κ3) is 2.81. The Morgan fingerprint density at radius 2 is 1.64 bits per heavy atom. The summed E-state index contributed by atoms with van der Waals surface area (Å²) in [5.41, 5.74) is 4.39. The molecule has 3 aromatic carbocycles. The van der Waals surface area contributed by atoms with Gasteiger partial charge in [0.2, 0.25) is 0 Å². The van der Waals surface area contributed by atoms with Crippen molar-refractivity contribution in [2.75, 3.05) is 0 Å². The van der Waals surface area contributed by atoms with E-state index >= 15 is 0 Å². The van der Waals surface area contributed by atoms with Gasteiger partial charge in [-0.3, -0.25) is 0 Å². The minimum absolute atomic E-state index is 0.0390. The van der Waals surface area contributed by atoms with E-state index in [1.807, 2.05) is 43.3 Å². The van der Waals surface area contributed by atoms with Gasteiger partial charge in [-0.2, -0.15) is 0 Å². The van der Waals surface area contributed by atoms with Crippen molar-refractivity contribution in [2.45, 2.75) is 6.92 Å². The van der Waals surface area contributed by atoms with Crippen LogP contribution in [0, 0.1) is 18.6 Å². The third-order valence-corrected chi connectivity index (χ3v) is 4.59. The van der Waals surface area contributed by atoms with Crippen LogP contribution in [0.1, 0.15) is 5.56 Å². The normalized spacial score (nSPS) is 11.2. The number of halogens is 3. The molecule has 0 aliphatic heterocycles. The van der Waals surface area contributed by atoms with Gasteiger partial charge in [-0.1, -0.05) is 29.8 Å². The van der Waals surface area contributed by atoms with Crippen molar-refractivity contribution < 1.29 is 8.78 Å². The van der Waals surface area contributed by atoms with Crippen molar-refractivity contribution in [3.63, 3.8) is 0 Å². The number of nitrogens with one attached hydrogen (secondary N) is 1. The second-order valence-corrected chi connectivity index (χ2v) is 6.48. The van der Waals surface area contributed by atoms with Crippen LogP contribution < -0.4 is 0 Å². The highest BCUT2D eigenvalue weighted by Crippen LogP contribution is 2.32. The Balaban J connectivity index is 1.85. The summed E-state index contributed by atoms with van der Waals surface area (Å²) in [4.78, 5) is 3.09. The maximum Gasteiger partial charge on any atom is 0.135 e. The lowest BCUT2D eigenvalue weighted by molar-refractivity contribution is 0.589. The van der Waals surface area contributed by atoms with Crippen LogP contribution in [0.5, 0.6) is 0 Å². The first kappa shape index (κ1) is 15.9. The lowest BCUT2D eigenvalue weighted by Crippen LogP contribution is -1.89. The lowest BCUT2D eigenvalue weighted by Gasteiger charge is -2.06. The zero-order valence-electron chi connectivity index (χ0n) is 13.4. The fraction of sp³-hybridized carbons (Fsp3) is 0.0476. The van der Waals surface area contributed by atoms with Crippen LogP contribution in [-0.2, 0) is 0 Å². The summed E-state index contributed by atoms with van der Waals surface area (Å²) in [6, 6.07) is 17.3. The maximum atomic E-state index is 14.0. The lowest BCUT2D eigenvalue weighted by atomic mass is 9.99. The van der Waals surface area contributed by atoms with Gasteiger partial charge >= 0.3 is 0 Å². The molecular formula is C21H14ClF2N. The standard InChI is InChI=1S/C21H14ClF2N/c1-12-9-15(22)6-7-16(12)13-5-8-19-14(10-13)11-20(25-19)21-17(23)3-2-4-18(21)24/h2-11,25H,1H3. The average molecular weight is 354 g/mol. The summed E-state index contributed by atoms with van der Waals surface area (Å²) in [6.45, 7) is 2.00. The van der Waals surface area contributed by atoms with Crippen LogP contribution in [0.15, 0.2) is 60.7 Å². The van der Waals surface area contributed by atoms with E-state index in [-0.39, 0.29) is 5.56 Å². The quantitative estimate of drug-likeness (QED) is 0.410. The Labute approximate surface area is 148 Å². The van der Waals surface area contributed by atoms with E-state index in [2.05, 4.69) is 4.98 Å². The smallest absolute Gasteiger partial charge is 0.135 e. The van der Waals surface area contributed by atoms with Gasteiger partial charge in [-0.25, -0.2) is 8.78 Å². The molecule has 0 saturated carbocycles. The molecule has 4 rings (SSSR count). The van der Waals surface area contributed by atoms with Gasteiger partial charge in [-0.15, -0.1) is 0 Å². The molecule has 1 heterocycles. The first-order valence-electron chi connectivity index (χ1n) is 7.86. The maximum absolute atomic E-state index is 14.0. The SMILES string of the molecule is Cc1cc(Cl)ccc1-c1ccc2[nH]c(-c3c(F)cccc3F)cc2c1. The van der Waals surface area contributed by atoms with E-state index in [4.69, 9.17) is 11.6 Å². The molecule has 0 atom stereocenters. The van der Waals surface area contributed by atoms with E-state index in [0.29, 0.717) is 10.7 Å².